The van der Waals surface area contributed by atoms with Gasteiger partial charge in [-0.1, -0.05) is 37.6 Å². The standard InChI is InChI=1S/C9H13NO.C2H6/c1-6-3-4-8-9(5-6)11-7(2)10-8;1-2/h3-5,7-10H,1-2H3;1-2H3. The first-order chi connectivity index (χ1) is 6.25. The van der Waals surface area contributed by atoms with E-state index in [1.54, 1.807) is 0 Å². The van der Waals surface area contributed by atoms with Crippen LogP contribution < -0.4 is 5.32 Å². The van der Waals surface area contributed by atoms with Gasteiger partial charge < -0.3 is 4.74 Å². The molecule has 1 aliphatic heterocycles. The van der Waals surface area contributed by atoms with E-state index in [1.807, 2.05) is 20.8 Å². The van der Waals surface area contributed by atoms with Crippen LogP contribution >= 0.6 is 0 Å². The Bertz CT molecular complexity index is 220. The Labute approximate surface area is 80.7 Å². The van der Waals surface area contributed by atoms with E-state index in [2.05, 4.69) is 30.5 Å². The average molecular weight is 181 g/mol. The van der Waals surface area contributed by atoms with Gasteiger partial charge in [-0.2, -0.15) is 0 Å². The molecule has 0 saturated carbocycles. The average Bonchev–Trinajstić information content (AvgIpc) is 2.48. The molecule has 0 aromatic heterocycles. The van der Waals surface area contributed by atoms with Crippen LogP contribution in [0.25, 0.3) is 0 Å². The van der Waals surface area contributed by atoms with Crippen molar-refractivity contribution < 1.29 is 4.74 Å². The zero-order chi connectivity index (χ0) is 9.84. The van der Waals surface area contributed by atoms with Crippen molar-refractivity contribution in [2.24, 2.45) is 0 Å². The van der Waals surface area contributed by atoms with Gasteiger partial charge in [-0.15, -0.1) is 0 Å². The van der Waals surface area contributed by atoms with Gasteiger partial charge >= 0.3 is 0 Å². The Hall–Kier alpha value is -0.600. The molecule has 1 aliphatic carbocycles. The van der Waals surface area contributed by atoms with E-state index in [0.29, 0.717) is 6.04 Å². The number of rotatable bonds is 0. The number of fused-ring (bicyclic) bond motifs is 1. The Kier molecular flexibility index (Phi) is 3.70. The lowest BCUT2D eigenvalue weighted by atomic mass is 10.0. The summed E-state index contributed by atoms with van der Waals surface area (Å²) in [5, 5.41) is 3.32. The van der Waals surface area contributed by atoms with E-state index in [9.17, 15) is 0 Å². The number of hydrogen-bond donors (Lipinski definition) is 1. The summed E-state index contributed by atoms with van der Waals surface area (Å²) < 4.78 is 5.60. The highest BCUT2D eigenvalue weighted by Crippen LogP contribution is 2.20. The van der Waals surface area contributed by atoms with E-state index in [4.69, 9.17) is 4.74 Å². The SMILES string of the molecule is CC.CC1=CC2OC(C)NC2C=C1. The van der Waals surface area contributed by atoms with Crippen LogP contribution in [0.5, 0.6) is 0 Å². The topological polar surface area (TPSA) is 21.3 Å². The summed E-state index contributed by atoms with van der Waals surface area (Å²) in [6.45, 7) is 8.13. The van der Waals surface area contributed by atoms with E-state index in [-0.39, 0.29) is 12.3 Å². The van der Waals surface area contributed by atoms with Crippen molar-refractivity contribution in [2.75, 3.05) is 0 Å². The third-order valence-electron chi connectivity index (χ3n) is 2.14. The largest absolute Gasteiger partial charge is 0.354 e. The molecule has 13 heavy (non-hydrogen) atoms. The van der Waals surface area contributed by atoms with Gasteiger partial charge in [-0.05, 0) is 13.8 Å². The van der Waals surface area contributed by atoms with Crippen LogP contribution in [0.1, 0.15) is 27.7 Å². The molecule has 2 rings (SSSR count). The van der Waals surface area contributed by atoms with Gasteiger partial charge in [-0.25, -0.2) is 0 Å². The van der Waals surface area contributed by atoms with Crippen molar-refractivity contribution in [2.45, 2.75) is 46.1 Å². The lowest BCUT2D eigenvalue weighted by molar-refractivity contribution is 0.0755. The first-order valence-electron chi connectivity index (χ1n) is 5.04. The van der Waals surface area contributed by atoms with Gasteiger partial charge in [0.25, 0.3) is 0 Å². The van der Waals surface area contributed by atoms with Gasteiger partial charge in [0.05, 0.1) is 12.1 Å². The molecule has 74 valence electrons. The minimum absolute atomic E-state index is 0.191. The number of allylic oxidation sites excluding steroid dienone is 2. The first kappa shape index (κ1) is 10.5. The maximum Gasteiger partial charge on any atom is 0.106 e. The zero-order valence-corrected chi connectivity index (χ0v) is 8.87. The number of ether oxygens (including phenoxy) is 1. The highest BCUT2D eigenvalue weighted by molar-refractivity contribution is 5.27. The fourth-order valence-corrected chi connectivity index (χ4v) is 1.60. The second kappa shape index (κ2) is 4.58. The van der Waals surface area contributed by atoms with Crippen LogP contribution in [0.3, 0.4) is 0 Å². The summed E-state index contributed by atoms with van der Waals surface area (Å²) in [6.07, 6.45) is 6.92. The van der Waals surface area contributed by atoms with Crippen molar-refractivity contribution in [1.82, 2.24) is 5.32 Å². The predicted octanol–water partition coefficient (Wildman–Crippen LogP) is 2.23. The molecule has 0 radical (unpaired) electrons. The van der Waals surface area contributed by atoms with Gasteiger partial charge in [0.1, 0.15) is 6.23 Å². The van der Waals surface area contributed by atoms with Crippen LogP contribution in [0.15, 0.2) is 23.8 Å². The molecule has 3 atom stereocenters. The van der Waals surface area contributed by atoms with Crippen molar-refractivity contribution in [3.63, 3.8) is 0 Å². The number of hydrogen-bond acceptors (Lipinski definition) is 2. The molecule has 0 amide bonds. The van der Waals surface area contributed by atoms with Crippen molar-refractivity contribution in [3.05, 3.63) is 23.8 Å². The van der Waals surface area contributed by atoms with Crippen molar-refractivity contribution in [3.8, 4) is 0 Å². The fourth-order valence-electron chi connectivity index (χ4n) is 1.60. The maximum atomic E-state index is 5.60. The zero-order valence-electron chi connectivity index (χ0n) is 8.87. The highest BCUT2D eigenvalue weighted by atomic mass is 16.5. The molecule has 0 bridgehead atoms. The third-order valence-corrected chi connectivity index (χ3v) is 2.14. The van der Waals surface area contributed by atoms with Gasteiger partial charge in [0, 0.05) is 0 Å². The minimum atomic E-state index is 0.191. The molecular weight excluding hydrogens is 162 g/mol. The highest BCUT2D eigenvalue weighted by Gasteiger charge is 2.29. The molecule has 1 N–H and O–H groups in total. The summed E-state index contributed by atoms with van der Waals surface area (Å²) in [7, 11) is 0. The van der Waals surface area contributed by atoms with Gasteiger partial charge in [-0.3, -0.25) is 5.32 Å². The van der Waals surface area contributed by atoms with E-state index >= 15 is 0 Å². The van der Waals surface area contributed by atoms with Gasteiger partial charge in [0.2, 0.25) is 0 Å². The Morgan fingerprint density at radius 1 is 1.38 bits per heavy atom. The van der Waals surface area contributed by atoms with Crippen LogP contribution in [0.4, 0.5) is 0 Å². The minimum Gasteiger partial charge on any atom is -0.354 e. The van der Waals surface area contributed by atoms with Crippen LogP contribution in [0, 0.1) is 0 Å². The Morgan fingerprint density at radius 2 is 2.08 bits per heavy atom. The van der Waals surface area contributed by atoms with Gasteiger partial charge in [0.15, 0.2) is 0 Å². The molecular formula is C11H19NO. The second-order valence-corrected chi connectivity index (χ2v) is 3.21. The first-order valence-corrected chi connectivity index (χ1v) is 5.04. The van der Waals surface area contributed by atoms with E-state index in [1.165, 1.54) is 5.57 Å². The molecule has 0 spiro atoms. The van der Waals surface area contributed by atoms with Crippen LogP contribution in [0.2, 0.25) is 0 Å². The maximum absolute atomic E-state index is 5.60. The summed E-state index contributed by atoms with van der Waals surface area (Å²) in [5.74, 6) is 0. The predicted molar refractivity (Wildman–Crippen MR) is 55.5 cm³/mol. The normalized spacial score (nSPS) is 36.0. The van der Waals surface area contributed by atoms with E-state index in [0.717, 1.165) is 0 Å². The molecule has 0 aromatic rings. The molecule has 2 aliphatic rings. The molecule has 1 saturated heterocycles. The molecule has 0 aromatic carbocycles. The molecule has 1 heterocycles. The lowest BCUT2D eigenvalue weighted by Crippen LogP contribution is -2.30. The monoisotopic (exact) mass is 181 g/mol. The van der Waals surface area contributed by atoms with Crippen LogP contribution in [-0.2, 0) is 4.74 Å². The lowest BCUT2D eigenvalue weighted by Gasteiger charge is -2.14. The Balaban J connectivity index is 0.000000396. The van der Waals surface area contributed by atoms with E-state index < -0.39 is 0 Å². The van der Waals surface area contributed by atoms with Crippen molar-refractivity contribution in [1.29, 1.82) is 0 Å². The fraction of sp³-hybridized carbons (Fsp3) is 0.636. The Morgan fingerprint density at radius 3 is 2.77 bits per heavy atom. The second-order valence-electron chi connectivity index (χ2n) is 3.21. The molecule has 3 unspecified atom stereocenters. The quantitative estimate of drug-likeness (QED) is 0.618. The molecule has 2 nitrogen and oxygen atoms in total. The number of nitrogens with one attached hydrogen (secondary N) is 1. The summed E-state index contributed by atoms with van der Waals surface area (Å²) in [5.41, 5.74) is 1.29. The third kappa shape index (κ3) is 2.42. The van der Waals surface area contributed by atoms with Crippen molar-refractivity contribution >= 4 is 0 Å². The molecule has 2 heteroatoms. The summed E-state index contributed by atoms with van der Waals surface area (Å²) >= 11 is 0. The molecule has 1 fully saturated rings. The summed E-state index contributed by atoms with van der Waals surface area (Å²) in [6, 6.07) is 0.397. The summed E-state index contributed by atoms with van der Waals surface area (Å²) in [4.78, 5) is 0. The van der Waals surface area contributed by atoms with Crippen LogP contribution in [-0.4, -0.2) is 18.4 Å². The smallest absolute Gasteiger partial charge is 0.106 e.